The summed E-state index contributed by atoms with van der Waals surface area (Å²) in [5.41, 5.74) is 6.62. The van der Waals surface area contributed by atoms with Crippen molar-refractivity contribution >= 4 is 53.3 Å². The molecule has 0 radical (unpaired) electrons. The Labute approximate surface area is 223 Å². The van der Waals surface area contributed by atoms with Crippen molar-refractivity contribution in [3.63, 3.8) is 0 Å². The fraction of sp³-hybridized carbons (Fsp3) is 0.478. The van der Waals surface area contributed by atoms with E-state index in [4.69, 9.17) is 4.98 Å². The van der Waals surface area contributed by atoms with Crippen LogP contribution in [0.2, 0.25) is 0 Å². The van der Waals surface area contributed by atoms with Gasteiger partial charge in [0.05, 0.1) is 16.0 Å². The summed E-state index contributed by atoms with van der Waals surface area (Å²) in [6.45, 7) is 6.41. The number of nitrogens with zero attached hydrogens (tertiary/aromatic N) is 4. The standard InChI is InChI=1S/C19H23FN6S3.C4H9NO2/c1-2-23-28-16-10-14(24-19-25-22-12-26(19)29-20)8-9-15(16)17-11-21-18(27-17)13-6-4-3-5-7-13;1-3(2)7-4(5)6/h8-13,23H,2-7H2,1H3,(H,24,25);3H,1-2H3,(H2,5,6). The molecule has 1 aliphatic carbocycles. The number of anilines is 2. The number of halogens is 1. The number of nitrogens with one attached hydrogen (secondary N) is 2. The van der Waals surface area contributed by atoms with Crippen LogP contribution in [-0.2, 0) is 4.74 Å². The minimum absolute atomic E-state index is 0.0607. The third-order valence-electron chi connectivity index (χ3n) is 5.25. The molecule has 3 aromatic rings. The minimum Gasteiger partial charge on any atom is -0.447 e. The van der Waals surface area contributed by atoms with Crippen molar-refractivity contribution in [2.75, 3.05) is 11.9 Å². The highest BCUT2D eigenvalue weighted by Crippen LogP contribution is 2.40. The van der Waals surface area contributed by atoms with Gasteiger partial charge < -0.3 is 15.8 Å². The monoisotopic (exact) mass is 553 g/mol. The first kappa shape index (κ1) is 28.2. The number of amides is 1. The van der Waals surface area contributed by atoms with Gasteiger partial charge in [0.2, 0.25) is 5.95 Å². The summed E-state index contributed by atoms with van der Waals surface area (Å²) < 4.78 is 21.9. The number of primary amides is 1. The highest BCUT2D eigenvalue weighted by Gasteiger charge is 2.20. The maximum atomic E-state index is 12.9. The van der Waals surface area contributed by atoms with Gasteiger partial charge in [-0.15, -0.1) is 25.4 Å². The van der Waals surface area contributed by atoms with Gasteiger partial charge in [-0.2, -0.15) is 0 Å². The largest absolute Gasteiger partial charge is 0.447 e. The van der Waals surface area contributed by atoms with Crippen molar-refractivity contribution in [3.8, 4) is 10.4 Å². The summed E-state index contributed by atoms with van der Waals surface area (Å²) in [7, 11) is 0. The first-order chi connectivity index (χ1) is 17.4. The predicted octanol–water partition coefficient (Wildman–Crippen LogP) is 6.68. The zero-order valence-electron chi connectivity index (χ0n) is 20.6. The molecule has 0 saturated heterocycles. The van der Waals surface area contributed by atoms with Gasteiger partial charge in [0.25, 0.3) is 0 Å². The Kier molecular flexibility index (Phi) is 11.3. The second kappa shape index (κ2) is 14.4. The summed E-state index contributed by atoms with van der Waals surface area (Å²) >= 11 is 3.46. The minimum atomic E-state index is -0.713. The zero-order chi connectivity index (χ0) is 25.9. The normalized spacial score (nSPS) is 13.8. The van der Waals surface area contributed by atoms with E-state index in [9.17, 15) is 8.68 Å². The Bertz CT molecular complexity index is 1100. The first-order valence-electron chi connectivity index (χ1n) is 11.8. The number of carbonyl (C=O) groups is 1. The summed E-state index contributed by atoms with van der Waals surface area (Å²) in [6.07, 6.45) is 8.99. The van der Waals surface area contributed by atoms with Gasteiger partial charge >= 0.3 is 6.09 Å². The summed E-state index contributed by atoms with van der Waals surface area (Å²) in [4.78, 5) is 16.8. The summed E-state index contributed by atoms with van der Waals surface area (Å²) in [6, 6.07) is 6.11. The SMILES string of the molecule is CC(C)OC(N)=O.CCNSc1cc(Nc2nncn2SF)ccc1-c1cnc(C2CCCCC2)s1. The molecule has 36 heavy (non-hydrogen) atoms. The van der Waals surface area contributed by atoms with E-state index in [2.05, 4.69) is 43.7 Å². The van der Waals surface area contributed by atoms with Crippen LogP contribution in [0.15, 0.2) is 35.6 Å². The van der Waals surface area contributed by atoms with Crippen LogP contribution >= 0.6 is 35.6 Å². The van der Waals surface area contributed by atoms with Crippen LogP contribution in [0.5, 0.6) is 0 Å². The molecule has 4 N–H and O–H groups in total. The number of ether oxygens (including phenoxy) is 1. The molecule has 0 aliphatic heterocycles. The van der Waals surface area contributed by atoms with Crippen LogP contribution in [0, 0.1) is 0 Å². The number of rotatable bonds is 9. The summed E-state index contributed by atoms with van der Waals surface area (Å²) in [5.74, 6) is 0.958. The van der Waals surface area contributed by atoms with Crippen LogP contribution in [0.4, 0.5) is 20.3 Å². The molecule has 1 saturated carbocycles. The Hall–Kier alpha value is -2.35. The molecule has 0 bridgehead atoms. The van der Waals surface area contributed by atoms with E-state index in [1.54, 1.807) is 37.1 Å². The maximum Gasteiger partial charge on any atom is 0.404 e. The van der Waals surface area contributed by atoms with Crippen LogP contribution in [-0.4, -0.2) is 37.9 Å². The first-order valence-corrected chi connectivity index (χ1v) is 14.1. The molecular formula is C23H32FN7O2S3. The molecule has 13 heteroatoms. The molecule has 4 rings (SSSR count). The van der Waals surface area contributed by atoms with Crippen molar-refractivity contribution in [2.45, 2.75) is 69.8 Å². The molecule has 0 atom stereocenters. The zero-order valence-corrected chi connectivity index (χ0v) is 23.0. The molecular weight excluding hydrogens is 521 g/mol. The maximum absolute atomic E-state index is 12.9. The van der Waals surface area contributed by atoms with Crippen molar-refractivity contribution in [1.29, 1.82) is 0 Å². The lowest BCUT2D eigenvalue weighted by atomic mass is 9.90. The van der Waals surface area contributed by atoms with E-state index in [0.717, 1.165) is 22.7 Å². The number of nitrogens with two attached hydrogens (primary N) is 1. The molecule has 0 spiro atoms. The van der Waals surface area contributed by atoms with Crippen molar-refractivity contribution in [2.24, 2.45) is 5.73 Å². The number of benzene rings is 1. The van der Waals surface area contributed by atoms with Gasteiger partial charge in [0.15, 0.2) is 12.3 Å². The fourth-order valence-electron chi connectivity index (χ4n) is 3.71. The molecule has 1 aliphatic rings. The average Bonchev–Trinajstić information content (AvgIpc) is 3.53. The van der Waals surface area contributed by atoms with Crippen LogP contribution in [0.3, 0.4) is 0 Å². The van der Waals surface area contributed by atoms with E-state index in [-0.39, 0.29) is 18.4 Å². The molecule has 196 valence electrons. The van der Waals surface area contributed by atoms with E-state index in [1.165, 1.54) is 52.3 Å². The highest BCUT2D eigenvalue weighted by molar-refractivity contribution is 7.97. The molecule has 2 aromatic heterocycles. The number of carbonyl (C=O) groups excluding carboxylic acids is 1. The molecule has 1 fully saturated rings. The molecule has 1 aromatic carbocycles. The second-order valence-corrected chi connectivity index (χ2v) is 10.9. The number of hydrogen-bond acceptors (Lipinski definition) is 10. The lowest BCUT2D eigenvalue weighted by molar-refractivity contribution is 0.125. The van der Waals surface area contributed by atoms with E-state index >= 15 is 0 Å². The second-order valence-electron chi connectivity index (χ2n) is 8.37. The third-order valence-corrected chi connectivity index (χ3v) is 7.85. The van der Waals surface area contributed by atoms with E-state index < -0.39 is 6.09 Å². The fourth-order valence-corrected chi connectivity index (χ4v) is 5.90. The summed E-state index contributed by atoms with van der Waals surface area (Å²) in [5, 5.41) is 12.0. The van der Waals surface area contributed by atoms with Crippen molar-refractivity contribution in [1.82, 2.24) is 23.9 Å². The Morgan fingerprint density at radius 1 is 1.33 bits per heavy atom. The van der Waals surface area contributed by atoms with Gasteiger partial charge in [-0.25, -0.2) is 13.8 Å². The van der Waals surface area contributed by atoms with Crippen molar-refractivity contribution < 1.29 is 13.4 Å². The van der Waals surface area contributed by atoms with Crippen LogP contribution in [0.1, 0.15) is 63.8 Å². The van der Waals surface area contributed by atoms with Crippen LogP contribution < -0.4 is 15.8 Å². The third kappa shape index (κ3) is 8.36. The van der Waals surface area contributed by atoms with Gasteiger partial charge in [-0.3, -0.25) is 4.72 Å². The quantitative estimate of drug-likeness (QED) is 0.249. The van der Waals surface area contributed by atoms with Gasteiger partial charge in [-0.05, 0) is 50.8 Å². The number of hydrogen-bond donors (Lipinski definition) is 3. The lowest BCUT2D eigenvalue weighted by Gasteiger charge is -2.18. The molecule has 1 amide bonds. The Balaban J connectivity index is 0.000000454. The number of aromatic nitrogens is 4. The van der Waals surface area contributed by atoms with Gasteiger partial charge in [-0.1, -0.05) is 32.3 Å². The van der Waals surface area contributed by atoms with Gasteiger partial charge in [0, 0.05) is 34.8 Å². The van der Waals surface area contributed by atoms with Gasteiger partial charge in [0.1, 0.15) is 6.33 Å². The van der Waals surface area contributed by atoms with Crippen LogP contribution in [0.25, 0.3) is 10.4 Å². The Morgan fingerprint density at radius 2 is 2.11 bits per heavy atom. The molecule has 0 unspecified atom stereocenters. The van der Waals surface area contributed by atoms with E-state index in [0.29, 0.717) is 11.9 Å². The average molecular weight is 554 g/mol. The van der Waals surface area contributed by atoms with Crippen molar-refractivity contribution in [3.05, 3.63) is 35.7 Å². The molecule has 9 nitrogen and oxygen atoms in total. The highest BCUT2D eigenvalue weighted by atomic mass is 32.2. The smallest absolute Gasteiger partial charge is 0.404 e. The predicted molar refractivity (Wildman–Crippen MR) is 146 cm³/mol. The number of thiazole rings is 1. The molecule has 2 heterocycles. The lowest BCUT2D eigenvalue weighted by Crippen LogP contribution is -2.17. The topological polar surface area (TPSA) is 120 Å². The van der Waals surface area contributed by atoms with E-state index in [1.807, 2.05) is 18.3 Å². The Morgan fingerprint density at radius 3 is 2.75 bits per heavy atom.